The Morgan fingerprint density at radius 3 is 2.42 bits per heavy atom. The van der Waals surface area contributed by atoms with E-state index >= 15 is 0 Å². The van der Waals surface area contributed by atoms with Crippen molar-refractivity contribution in [3.63, 3.8) is 0 Å². The van der Waals surface area contributed by atoms with Crippen LogP contribution in [-0.4, -0.2) is 35.6 Å². The van der Waals surface area contributed by atoms with Crippen LogP contribution in [-0.2, 0) is 11.8 Å². The minimum absolute atomic E-state index is 0.0862. The SMILES string of the molecule is COc1c(NC(=O)NC2Cc3cccc(F)c3C2O)cc(C(C)(C)C)cc1C(O)C(F)(F)F. The lowest BCUT2D eigenvalue weighted by Crippen LogP contribution is -2.40. The Hall–Kier alpha value is -2.85. The first-order chi connectivity index (χ1) is 15.2. The molecule has 0 fully saturated rings. The highest BCUT2D eigenvalue weighted by Gasteiger charge is 2.42. The number of methoxy groups -OCH3 is 1. The van der Waals surface area contributed by atoms with Crippen molar-refractivity contribution in [2.45, 2.75) is 57.0 Å². The number of fused-ring (bicyclic) bond motifs is 1. The van der Waals surface area contributed by atoms with Crippen LogP contribution in [0.4, 0.5) is 28.0 Å². The van der Waals surface area contributed by atoms with Gasteiger partial charge in [0.2, 0.25) is 0 Å². The van der Waals surface area contributed by atoms with Crippen molar-refractivity contribution in [3.05, 3.63) is 58.4 Å². The number of alkyl halides is 3. The predicted molar refractivity (Wildman–Crippen MR) is 114 cm³/mol. The molecule has 0 aliphatic heterocycles. The van der Waals surface area contributed by atoms with Gasteiger partial charge in [-0.15, -0.1) is 0 Å². The number of rotatable bonds is 4. The lowest BCUT2D eigenvalue weighted by Gasteiger charge is -2.26. The number of halogens is 4. The van der Waals surface area contributed by atoms with E-state index in [1.54, 1.807) is 26.8 Å². The van der Waals surface area contributed by atoms with E-state index in [1.807, 2.05) is 0 Å². The lowest BCUT2D eigenvalue weighted by molar-refractivity contribution is -0.207. The Bertz CT molecular complexity index is 1050. The molecule has 0 heterocycles. The maximum absolute atomic E-state index is 14.0. The summed E-state index contributed by atoms with van der Waals surface area (Å²) in [5.74, 6) is -0.931. The molecular weight excluding hydrogens is 444 g/mol. The molecule has 0 radical (unpaired) electrons. The molecule has 10 heteroatoms. The Balaban J connectivity index is 1.91. The third-order valence-corrected chi connectivity index (χ3v) is 5.62. The zero-order valence-electron chi connectivity index (χ0n) is 18.5. The molecule has 0 bridgehead atoms. The Morgan fingerprint density at radius 2 is 1.88 bits per heavy atom. The molecule has 0 aromatic heterocycles. The highest BCUT2D eigenvalue weighted by atomic mass is 19.4. The zero-order chi connectivity index (χ0) is 24.7. The number of anilines is 1. The van der Waals surface area contributed by atoms with Crippen molar-refractivity contribution in [2.75, 3.05) is 12.4 Å². The van der Waals surface area contributed by atoms with E-state index in [2.05, 4.69) is 10.6 Å². The molecule has 2 aromatic carbocycles. The fourth-order valence-corrected chi connectivity index (χ4v) is 3.88. The van der Waals surface area contributed by atoms with Gasteiger partial charge in [0.1, 0.15) is 17.7 Å². The molecule has 0 saturated carbocycles. The van der Waals surface area contributed by atoms with E-state index < -0.39 is 47.3 Å². The molecular formula is C23H26F4N2O4. The van der Waals surface area contributed by atoms with E-state index in [4.69, 9.17) is 4.74 Å². The molecule has 4 N–H and O–H groups in total. The van der Waals surface area contributed by atoms with Crippen LogP contribution in [0.1, 0.15) is 55.2 Å². The summed E-state index contributed by atoms with van der Waals surface area (Å²) >= 11 is 0. The molecule has 0 saturated heterocycles. The van der Waals surface area contributed by atoms with Crippen molar-refractivity contribution in [1.29, 1.82) is 0 Å². The van der Waals surface area contributed by atoms with Gasteiger partial charge in [-0.3, -0.25) is 0 Å². The number of urea groups is 1. The Morgan fingerprint density at radius 1 is 1.21 bits per heavy atom. The van der Waals surface area contributed by atoms with E-state index in [-0.39, 0.29) is 23.4 Å². The van der Waals surface area contributed by atoms with Crippen LogP contribution in [0.3, 0.4) is 0 Å². The maximum Gasteiger partial charge on any atom is 0.418 e. The summed E-state index contributed by atoms with van der Waals surface area (Å²) in [6.45, 7) is 5.30. The molecule has 6 nitrogen and oxygen atoms in total. The van der Waals surface area contributed by atoms with Crippen LogP contribution in [0.5, 0.6) is 5.75 Å². The van der Waals surface area contributed by atoms with Crippen LogP contribution >= 0.6 is 0 Å². The number of carbonyl (C=O) groups excluding carboxylic acids is 1. The summed E-state index contributed by atoms with van der Waals surface area (Å²) in [4.78, 5) is 12.7. The molecule has 33 heavy (non-hydrogen) atoms. The first kappa shape index (κ1) is 24.8. The van der Waals surface area contributed by atoms with Crippen molar-refractivity contribution >= 4 is 11.7 Å². The van der Waals surface area contributed by atoms with Crippen LogP contribution < -0.4 is 15.4 Å². The second-order valence-electron chi connectivity index (χ2n) is 9.01. The molecule has 3 rings (SSSR count). The number of amides is 2. The van der Waals surface area contributed by atoms with Gasteiger partial charge in [0, 0.05) is 11.1 Å². The van der Waals surface area contributed by atoms with Crippen molar-refractivity contribution < 1.29 is 37.3 Å². The van der Waals surface area contributed by atoms with Gasteiger partial charge < -0.3 is 25.6 Å². The minimum Gasteiger partial charge on any atom is -0.494 e. The third kappa shape index (κ3) is 5.06. The number of carbonyl (C=O) groups is 1. The van der Waals surface area contributed by atoms with Gasteiger partial charge in [-0.25, -0.2) is 9.18 Å². The van der Waals surface area contributed by atoms with Gasteiger partial charge in [0.25, 0.3) is 0 Å². The summed E-state index contributed by atoms with van der Waals surface area (Å²) < 4.78 is 59.0. The molecule has 2 aromatic rings. The number of aliphatic hydroxyl groups excluding tert-OH is 2. The van der Waals surface area contributed by atoms with Gasteiger partial charge in [0.05, 0.1) is 18.8 Å². The van der Waals surface area contributed by atoms with Gasteiger partial charge in [0.15, 0.2) is 6.10 Å². The topological polar surface area (TPSA) is 90.8 Å². The number of benzene rings is 2. The monoisotopic (exact) mass is 470 g/mol. The second-order valence-corrected chi connectivity index (χ2v) is 9.01. The average molecular weight is 470 g/mol. The highest BCUT2D eigenvalue weighted by molar-refractivity contribution is 5.92. The van der Waals surface area contributed by atoms with E-state index in [0.29, 0.717) is 11.1 Å². The van der Waals surface area contributed by atoms with Crippen LogP contribution in [0.2, 0.25) is 0 Å². The summed E-state index contributed by atoms with van der Waals surface area (Å²) in [6, 6.07) is 5.34. The predicted octanol–water partition coefficient (Wildman–Crippen LogP) is 4.51. The quantitative estimate of drug-likeness (QED) is 0.495. The van der Waals surface area contributed by atoms with E-state index in [0.717, 1.165) is 7.11 Å². The van der Waals surface area contributed by atoms with Gasteiger partial charge in [-0.05, 0) is 41.2 Å². The normalized spacial score (nSPS) is 19.1. The summed E-state index contributed by atoms with van der Waals surface area (Å²) in [5, 5.41) is 25.3. The lowest BCUT2D eigenvalue weighted by atomic mass is 9.84. The van der Waals surface area contributed by atoms with Crippen molar-refractivity contribution in [1.82, 2.24) is 5.32 Å². The molecule has 0 spiro atoms. The van der Waals surface area contributed by atoms with Gasteiger partial charge in [-0.2, -0.15) is 13.2 Å². The third-order valence-electron chi connectivity index (χ3n) is 5.62. The number of aliphatic hydroxyl groups is 2. The smallest absolute Gasteiger partial charge is 0.418 e. The number of hydrogen-bond donors (Lipinski definition) is 4. The minimum atomic E-state index is -4.95. The standard InChI is InChI=1S/C23H26F4N2O4/c1-22(2,3)12-9-13(20(31)23(25,26)27)19(33-4)16(10-12)29-21(32)28-15-8-11-6-5-7-14(24)17(11)18(15)30/h5-7,9-10,15,18,20,30-31H,8H2,1-4H3,(H2,28,29,32). The molecule has 180 valence electrons. The molecule has 3 unspecified atom stereocenters. The Kier molecular flexibility index (Phi) is 6.63. The number of ether oxygens (including phenoxy) is 1. The number of hydrogen-bond acceptors (Lipinski definition) is 4. The van der Waals surface area contributed by atoms with Crippen molar-refractivity contribution in [3.8, 4) is 5.75 Å². The van der Waals surface area contributed by atoms with E-state index in [9.17, 15) is 32.6 Å². The first-order valence-corrected chi connectivity index (χ1v) is 10.2. The van der Waals surface area contributed by atoms with Crippen LogP contribution in [0.15, 0.2) is 30.3 Å². The first-order valence-electron chi connectivity index (χ1n) is 10.2. The molecule has 3 atom stereocenters. The Labute approximate surface area is 188 Å². The largest absolute Gasteiger partial charge is 0.494 e. The van der Waals surface area contributed by atoms with Crippen molar-refractivity contribution in [2.24, 2.45) is 0 Å². The number of nitrogens with one attached hydrogen (secondary N) is 2. The summed E-state index contributed by atoms with van der Waals surface area (Å²) in [6.07, 6.45) is -8.88. The zero-order valence-corrected chi connectivity index (χ0v) is 18.5. The average Bonchev–Trinajstić information content (AvgIpc) is 3.01. The summed E-state index contributed by atoms with van der Waals surface area (Å²) in [5.41, 5.74) is -0.159. The van der Waals surface area contributed by atoms with E-state index in [1.165, 1.54) is 24.3 Å². The fraction of sp³-hybridized carbons (Fsp3) is 0.435. The second kappa shape index (κ2) is 8.83. The summed E-state index contributed by atoms with van der Waals surface area (Å²) in [7, 11) is 1.13. The van der Waals surface area contributed by atoms with Gasteiger partial charge in [-0.1, -0.05) is 32.9 Å². The fourth-order valence-electron chi connectivity index (χ4n) is 3.88. The molecule has 1 aliphatic rings. The highest BCUT2D eigenvalue weighted by Crippen LogP contribution is 2.43. The molecule has 2 amide bonds. The van der Waals surface area contributed by atoms with Gasteiger partial charge >= 0.3 is 12.2 Å². The maximum atomic E-state index is 14.0. The van der Waals surface area contributed by atoms with Crippen LogP contribution in [0, 0.1) is 5.82 Å². The molecule has 1 aliphatic carbocycles. The van der Waals surface area contributed by atoms with Crippen LogP contribution in [0.25, 0.3) is 0 Å².